The van der Waals surface area contributed by atoms with Gasteiger partial charge in [0.1, 0.15) is 30.6 Å². The molecule has 4 N–H and O–H groups in total. The molecule has 0 saturated carbocycles. The number of carboxylic acid groups (broad SMARTS) is 1. The lowest BCUT2D eigenvalue weighted by Crippen LogP contribution is -2.45. The van der Waals surface area contributed by atoms with Crippen molar-refractivity contribution in [1.82, 2.24) is 4.98 Å². The zero-order chi connectivity index (χ0) is 24.1. The summed E-state index contributed by atoms with van der Waals surface area (Å²) in [6, 6.07) is 4.54. The molecule has 0 radical (unpaired) electrons. The monoisotopic (exact) mass is 492 g/mol. The Morgan fingerprint density at radius 2 is 2.00 bits per heavy atom. The maximum Gasteiger partial charge on any atom is 0.299 e. The van der Waals surface area contributed by atoms with E-state index in [2.05, 4.69) is 15.3 Å². The van der Waals surface area contributed by atoms with Crippen molar-refractivity contribution < 1.29 is 32.6 Å². The number of amidine groups is 1. The van der Waals surface area contributed by atoms with E-state index < -0.39 is 35.4 Å². The first-order valence-electron chi connectivity index (χ1n) is 8.75. The second kappa shape index (κ2) is 10.2. The molecule has 1 aliphatic rings. The number of benzene rings is 1. The fourth-order valence-electron chi connectivity index (χ4n) is 2.83. The summed E-state index contributed by atoms with van der Waals surface area (Å²) in [4.78, 5) is 28.4. The van der Waals surface area contributed by atoms with Gasteiger partial charge >= 0.3 is 0 Å². The molecule has 1 unspecified atom stereocenters. The third-order valence-corrected chi connectivity index (χ3v) is 4.88. The largest absolute Gasteiger partial charge is 0.483 e. The summed E-state index contributed by atoms with van der Waals surface area (Å²) in [6.45, 7) is -0.492. The number of pyridine rings is 1. The maximum atomic E-state index is 14.7. The van der Waals surface area contributed by atoms with Crippen molar-refractivity contribution in [3.8, 4) is 0 Å². The van der Waals surface area contributed by atoms with Gasteiger partial charge in [-0.15, -0.1) is 0 Å². The quantitative estimate of drug-likeness (QED) is 0.560. The summed E-state index contributed by atoms with van der Waals surface area (Å²) in [5, 5.41) is 9.56. The van der Waals surface area contributed by atoms with Crippen LogP contribution >= 0.6 is 23.2 Å². The average Bonchev–Trinajstić information content (AvgIpc) is 2.79. The molecule has 0 aliphatic carbocycles. The number of hydrogen-bond donors (Lipinski definition) is 3. The number of hydrogen-bond acceptors (Lipinski definition) is 6. The number of nitrogens with two attached hydrogens (primary N) is 1. The second-order valence-electron chi connectivity index (χ2n) is 6.61. The van der Waals surface area contributed by atoms with Gasteiger partial charge in [-0.05, 0) is 31.2 Å². The first-order chi connectivity index (χ1) is 14.9. The van der Waals surface area contributed by atoms with Gasteiger partial charge in [-0.3, -0.25) is 14.6 Å². The van der Waals surface area contributed by atoms with Crippen LogP contribution in [0.5, 0.6) is 0 Å². The Balaban J connectivity index is 0.00000114. The van der Waals surface area contributed by atoms with Crippen LogP contribution in [-0.2, 0) is 15.1 Å². The smallest absolute Gasteiger partial charge is 0.299 e. The van der Waals surface area contributed by atoms with Crippen molar-refractivity contribution in [2.24, 2.45) is 10.7 Å². The van der Waals surface area contributed by atoms with E-state index in [1.807, 2.05) is 0 Å². The highest BCUT2D eigenvalue weighted by atomic mass is 35.5. The molecule has 1 amide bonds. The van der Waals surface area contributed by atoms with Gasteiger partial charge in [0.2, 0.25) is 0 Å². The van der Waals surface area contributed by atoms with E-state index in [1.54, 1.807) is 0 Å². The van der Waals surface area contributed by atoms with Crippen LogP contribution in [0.25, 0.3) is 0 Å². The number of aromatic nitrogens is 1. The predicted molar refractivity (Wildman–Crippen MR) is 112 cm³/mol. The minimum atomic E-state index is -3.56. The van der Waals surface area contributed by atoms with Crippen LogP contribution in [0.15, 0.2) is 35.5 Å². The first kappa shape index (κ1) is 25.4. The predicted octanol–water partition coefficient (Wildman–Crippen LogP) is 3.72. The molecule has 8 nitrogen and oxygen atoms in total. The summed E-state index contributed by atoms with van der Waals surface area (Å²) >= 11 is 11.7. The Morgan fingerprint density at radius 3 is 2.62 bits per heavy atom. The molecule has 0 spiro atoms. The van der Waals surface area contributed by atoms with Crippen molar-refractivity contribution in [3.63, 3.8) is 0 Å². The molecular weight excluding hydrogens is 476 g/mol. The highest BCUT2D eigenvalue weighted by molar-refractivity contribution is 6.36. The van der Waals surface area contributed by atoms with Crippen LogP contribution in [-0.4, -0.2) is 47.4 Å². The molecule has 3 rings (SSSR count). The van der Waals surface area contributed by atoms with E-state index in [9.17, 15) is 18.0 Å². The minimum absolute atomic E-state index is 0.00544. The Kier molecular flexibility index (Phi) is 8.05. The standard InChI is InChI=1S/C18H15Cl2F3N4O2.CH2O2/c1-17(18(22,23)8-29-7-14(24)27-17)11-5-10(2-3-13(11)21)26-16(28)15-12(20)4-9(19)6-25-15;2-1-3/h2-6H,7-8H2,1H3,(H2,24,27)(H,26,28);1H,(H,2,3). The summed E-state index contributed by atoms with van der Waals surface area (Å²) in [5.41, 5.74) is 2.72. The van der Waals surface area contributed by atoms with Crippen LogP contribution in [0.4, 0.5) is 18.9 Å². The van der Waals surface area contributed by atoms with E-state index in [0.29, 0.717) is 0 Å². The Hall–Kier alpha value is -2.89. The zero-order valence-corrected chi connectivity index (χ0v) is 17.9. The molecule has 0 fully saturated rings. The number of nitrogens with one attached hydrogen (secondary N) is 1. The van der Waals surface area contributed by atoms with E-state index >= 15 is 0 Å². The average molecular weight is 493 g/mol. The number of alkyl halides is 2. The fourth-order valence-corrected chi connectivity index (χ4v) is 3.30. The number of nitrogens with zero attached hydrogens (tertiary/aromatic N) is 2. The lowest BCUT2D eigenvalue weighted by Gasteiger charge is -2.33. The molecule has 2 aromatic rings. The van der Waals surface area contributed by atoms with Crippen molar-refractivity contribution in [2.75, 3.05) is 18.5 Å². The van der Waals surface area contributed by atoms with E-state index in [4.69, 9.17) is 43.6 Å². The molecule has 1 aromatic heterocycles. The van der Waals surface area contributed by atoms with E-state index in [-0.39, 0.29) is 40.3 Å². The van der Waals surface area contributed by atoms with Gasteiger partial charge < -0.3 is 20.9 Å². The third-order valence-electron chi connectivity index (χ3n) is 4.38. The first-order valence-corrected chi connectivity index (χ1v) is 9.51. The number of carbonyl (C=O) groups is 2. The molecule has 32 heavy (non-hydrogen) atoms. The fraction of sp³-hybridized carbons (Fsp3) is 0.263. The number of rotatable bonds is 3. The minimum Gasteiger partial charge on any atom is -0.483 e. The van der Waals surface area contributed by atoms with E-state index in [1.165, 1.54) is 18.3 Å². The number of halogens is 5. The SMILES string of the molecule is CC1(c2cc(NC(=O)c3ncc(Cl)cc3Cl)ccc2F)N=C(N)COCC1(F)F.O=CO. The molecule has 2 heterocycles. The Labute approximate surface area is 190 Å². The summed E-state index contributed by atoms with van der Waals surface area (Å²) < 4.78 is 48.8. The van der Waals surface area contributed by atoms with Crippen LogP contribution in [0.3, 0.4) is 0 Å². The maximum absolute atomic E-state index is 14.7. The van der Waals surface area contributed by atoms with Crippen LogP contribution < -0.4 is 11.1 Å². The Morgan fingerprint density at radius 1 is 1.34 bits per heavy atom. The molecular formula is C19H17Cl2F3N4O4. The molecule has 1 aliphatic heterocycles. The van der Waals surface area contributed by atoms with Crippen molar-refractivity contribution in [3.05, 3.63) is 57.6 Å². The van der Waals surface area contributed by atoms with Gasteiger partial charge in [0.15, 0.2) is 5.54 Å². The lowest BCUT2D eigenvalue weighted by molar-refractivity contribution is -0.122. The molecule has 0 bridgehead atoms. The summed E-state index contributed by atoms with van der Waals surface area (Å²) in [7, 11) is 0. The van der Waals surface area contributed by atoms with Crippen LogP contribution in [0.2, 0.25) is 10.0 Å². The second-order valence-corrected chi connectivity index (χ2v) is 7.45. The van der Waals surface area contributed by atoms with Crippen LogP contribution in [0.1, 0.15) is 23.0 Å². The normalized spacial score (nSPS) is 19.6. The number of anilines is 1. The molecule has 0 saturated heterocycles. The zero-order valence-electron chi connectivity index (χ0n) is 16.4. The number of aliphatic imine (C=N–C) groups is 1. The molecule has 1 aromatic carbocycles. The molecule has 172 valence electrons. The Bertz CT molecular complexity index is 1060. The van der Waals surface area contributed by atoms with Gasteiger partial charge in [0.05, 0.1) is 10.0 Å². The van der Waals surface area contributed by atoms with Crippen molar-refractivity contribution >= 4 is 47.1 Å². The molecule has 1 atom stereocenters. The topological polar surface area (TPSA) is 127 Å². The summed E-state index contributed by atoms with van der Waals surface area (Å²) in [5.74, 6) is -5.42. The number of amides is 1. The van der Waals surface area contributed by atoms with Gasteiger partial charge in [0.25, 0.3) is 18.3 Å². The lowest BCUT2D eigenvalue weighted by atomic mass is 9.85. The highest BCUT2D eigenvalue weighted by Gasteiger charge is 2.54. The highest BCUT2D eigenvalue weighted by Crippen LogP contribution is 2.44. The van der Waals surface area contributed by atoms with Gasteiger partial charge in [-0.2, -0.15) is 0 Å². The number of carbonyl (C=O) groups excluding carboxylic acids is 1. The van der Waals surface area contributed by atoms with Gasteiger partial charge in [-0.25, -0.2) is 18.2 Å². The van der Waals surface area contributed by atoms with Gasteiger partial charge in [-0.1, -0.05) is 23.2 Å². The van der Waals surface area contributed by atoms with Crippen molar-refractivity contribution in [1.29, 1.82) is 0 Å². The summed E-state index contributed by atoms with van der Waals surface area (Å²) in [6.07, 6.45) is 1.23. The number of ether oxygens (including phenoxy) is 1. The third kappa shape index (κ3) is 5.47. The van der Waals surface area contributed by atoms with Crippen LogP contribution in [0, 0.1) is 5.82 Å². The van der Waals surface area contributed by atoms with E-state index in [0.717, 1.165) is 19.1 Å². The van der Waals surface area contributed by atoms with Gasteiger partial charge in [0, 0.05) is 17.4 Å². The van der Waals surface area contributed by atoms with Crippen molar-refractivity contribution in [2.45, 2.75) is 18.4 Å². The molecule has 13 heteroatoms.